The first kappa shape index (κ1) is 12.8. The third-order valence-electron chi connectivity index (χ3n) is 3.23. The average molecular weight is 249 g/mol. The Kier molecular flexibility index (Phi) is 3.77. The second-order valence-electron chi connectivity index (χ2n) is 4.41. The summed E-state index contributed by atoms with van der Waals surface area (Å²) in [5.74, 6) is -0.537. The Labute approximate surface area is 106 Å². The van der Waals surface area contributed by atoms with Crippen LogP contribution in [0.1, 0.15) is 18.0 Å². The van der Waals surface area contributed by atoms with Crippen LogP contribution in [-0.2, 0) is 9.53 Å². The van der Waals surface area contributed by atoms with E-state index >= 15 is 0 Å². The Bertz CT molecular complexity index is 467. The Morgan fingerprint density at radius 2 is 2.06 bits per heavy atom. The third-order valence-corrected chi connectivity index (χ3v) is 3.23. The number of ether oxygens (including phenoxy) is 1. The van der Waals surface area contributed by atoms with E-state index in [1.165, 1.54) is 19.2 Å². The summed E-state index contributed by atoms with van der Waals surface area (Å²) in [6, 6.07) is 6.35. The molecule has 4 heteroatoms. The van der Waals surface area contributed by atoms with Gasteiger partial charge < -0.3 is 4.74 Å². The van der Waals surface area contributed by atoms with Crippen molar-refractivity contribution in [1.29, 1.82) is 0 Å². The largest absolute Gasteiger partial charge is 0.466 e. The number of likely N-dealkylation sites (N-methyl/N-ethyl adjacent to an activating group) is 1. The number of hydrogen-bond donors (Lipinski definition) is 0. The lowest BCUT2D eigenvalue weighted by Gasteiger charge is -2.30. The molecule has 3 nitrogen and oxygen atoms in total. The number of carbonyl (C=O) groups excluding carboxylic acids is 1. The smallest absolute Gasteiger partial charge is 0.333 e. The van der Waals surface area contributed by atoms with Gasteiger partial charge in [0.25, 0.3) is 0 Å². The second-order valence-corrected chi connectivity index (χ2v) is 4.41. The lowest BCUT2D eigenvalue weighted by Crippen LogP contribution is -2.30. The minimum Gasteiger partial charge on any atom is -0.466 e. The van der Waals surface area contributed by atoms with Crippen molar-refractivity contribution < 1.29 is 13.9 Å². The van der Waals surface area contributed by atoms with Crippen LogP contribution in [0.5, 0.6) is 0 Å². The molecule has 0 bridgehead atoms. The van der Waals surface area contributed by atoms with E-state index < -0.39 is 0 Å². The first-order valence-corrected chi connectivity index (χ1v) is 5.86. The molecule has 0 radical (unpaired) electrons. The Hall–Kier alpha value is -1.68. The molecule has 1 atom stereocenters. The van der Waals surface area contributed by atoms with E-state index in [4.69, 9.17) is 4.74 Å². The van der Waals surface area contributed by atoms with Crippen molar-refractivity contribution in [2.45, 2.75) is 12.5 Å². The van der Waals surface area contributed by atoms with E-state index in [1.54, 1.807) is 12.1 Å². The van der Waals surface area contributed by atoms with Crippen molar-refractivity contribution in [2.24, 2.45) is 0 Å². The molecule has 0 aliphatic carbocycles. The van der Waals surface area contributed by atoms with Gasteiger partial charge in [0.05, 0.1) is 13.2 Å². The Morgan fingerprint density at radius 1 is 1.39 bits per heavy atom. The van der Waals surface area contributed by atoms with Gasteiger partial charge in [0.2, 0.25) is 0 Å². The Morgan fingerprint density at radius 3 is 2.67 bits per heavy atom. The second kappa shape index (κ2) is 5.31. The number of methoxy groups -OCH3 is 1. The van der Waals surface area contributed by atoms with Gasteiger partial charge in [-0.15, -0.1) is 0 Å². The summed E-state index contributed by atoms with van der Waals surface area (Å²) >= 11 is 0. The van der Waals surface area contributed by atoms with Crippen LogP contribution >= 0.6 is 0 Å². The van der Waals surface area contributed by atoms with Gasteiger partial charge in [-0.2, -0.15) is 0 Å². The molecule has 96 valence electrons. The predicted molar refractivity (Wildman–Crippen MR) is 66.5 cm³/mol. The summed E-state index contributed by atoms with van der Waals surface area (Å²) in [5.41, 5.74) is 1.66. The number of halogens is 1. The molecule has 2 rings (SSSR count). The Balaban J connectivity index is 2.29. The zero-order valence-electron chi connectivity index (χ0n) is 10.5. The summed E-state index contributed by atoms with van der Waals surface area (Å²) < 4.78 is 17.6. The van der Waals surface area contributed by atoms with E-state index in [2.05, 4.69) is 4.90 Å². The van der Waals surface area contributed by atoms with Crippen LogP contribution in [0.4, 0.5) is 4.39 Å². The fourth-order valence-corrected chi connectivity index (χ4v) is 2.15. The van der Waals surface area contributed by atoms with Crippen molar-refractivity contribution in [2.75, 3.05) is 20.7 Å². The fraction of sp³-hybridized carbons (Fsp3) is 0.357. The minimum atomic E-state index is -0.282. The first-order valence-electron chi connectivity index (χ1n) is 5.86. The zero-order valence-corrected chi connectivity index (χ0v) is 10.5. The number of carbonyl (C=O) groups is 1. The predicted octanol–water partition coefficient (Wildman–Crippen LogP) is 2.30. The molecule has 1 aromatic carbocycles. The normalized spacial score (nSPS) is 20.4. The van der Waals surface area contributed by atoms with Gasteiger partial charge in [-0.3, -0.25) is 4.90 Å². The summed E-state index contributed by atoms with van der Waals surface area (Å²) in [6.07, 6.45) is 2.57. The molecule has 1 aromatic rings. The molecule has 0 spiro atoms. The lowest BCUT2D eigenvalue weighted by molar-refractivity contribution is -0.136. The van der Waals surface area contributed by atoms with E-state index in [0.29, 0.717) is 12.0 Å². The van der Waals surface area contributed by atoms with Crippen molar-refractivity contribution in [3.05, 3.63) is 47.3 Å². The average Bonchev–Trinajstić information content (AvgIpc) is 2.39. The molecular weight excluding hydrogens is 233 g/mol. The molecule has 0 fully saturated rings. The van der Waals surface area contributed by atoms with Crippen LogP contribution in [0, 0.1) is 5.82 Å². The maximum atomic E-state index is 12.9. The molecule has 0 saturated carbocycles. The topological polar surface area (TPSA) is 29.5 Å². The van der Waals surface area contributed by atoms with Crippen LogP contribution in [0.15, 0.2) is 35.9 Å². The quantitative estimate of drug-likeness (QED) is 0.753. The molecular formula is C14H16FNO2. The van der Waals surface area contributed by atoms with Crippen LogP contribution in [0.25, 0.3) is 0 Å². The monoisotopic (exact) mass is 249 g/mol. The summed E-state index contributed by atoms with van der Waals surface area (Å²) in [6.45, 7) is 0.781. The van der Waals surface area contributed by atoms with Crippen LogP contribution in [0.2, 0.25) is 0 Å². The van der Waals surface area contributed by atoms with Crippen LogP contribution < -0.4 is 0 Å². The number of rotatable bonds is 2. The van der Waals surface area contributed by atoms with Gasteiger partial charge in [-0.25, -0.2) is 9.18 Å². The van der Waals surface area contributed by atoms with Gasteiger partial charge in [0.15, 0.2) is 0 Å². The van der Waals surface area contributed by atoms with E-state index in [9.17, 15) is 9.18 Å². The SMILES string of the molecule is COC(=O)C1=CC(c2ccc(F)cc2)N(C)CC1. The van der Waals surface area contributed by atoms with Gasteiger partial charge >= 0.3 is 5.97 Å². The molecule has 1 aliphatic rings. The summed E-state index contributed by atoms with van der Waals surface area (Å²) in [7, 11) is 3.37. The highest BCUT2D eigenvalue weighted by Gasteiger charge is 2.23. The molecule has 1 unspecified atom stereocenters. The number of hydrogen-bond acceptors (Lipinski definition) is 3. The maximum absolute atomic E-state index is 12.9. The fourth-order valence-electron chi connectivity index (χ4n) is 2.15. The van der Waals surface area contributed by atoms with Crippen molar-refractivity contribution in [3.63, 3.8) is 0 Å². The van der Waals surface area contributed by atoms with Crippen molar-refractivity contribution in [1.82, 2.24) is 4.90 Å². The molecule has 18 heavy (non-hydrogen) atoms. The van der Waals surface area contributed by atoms with Crippen LogP contribution in [-0.4, -0.2) is 31.6 Å². The molecule has 1 heterocycles. The van der Waals surface area contributed by atoms with Gasteiger partial charge in [0, 0.05) is 12.1 Å². The highest BCUT2D eigenvalue weighted by atomic mass is 19.1. The number of esters is 1. The number of nitrogens with zero attached hydrogens (tertiary/aromatic N) is 1. The summed E-state index contributed by atoms with van der Waals surface area (Å²) in [5, 5.41) is 0. The van der Waals surface area contributed by atoms with Crippen molar-refractivity contribution >= 4 is 5.97 Å². The molecule has 0 aromatic heterocycles. The van der Waals surface area contributed by atoms with E-state index in [0.717, 1.165) is 12.1 Å². The summed E-state index contributed by atoms with van der Waals surface area (Å²) in [4.78, 5) is 13.7. The first-order chi connectivity index (χ1) is 8.61. The highest BCUT2D eigenvalue weighted by Crippen LogP contribution is 2.28. The maximum Gasteiger partial charge on any atom is 0.333 e. The number of benzene rings is 1. The lowest BCUT2D eigenvalue weighted by atomic mass is 9.97. The van der Waals surface area contributed by atoms with Gasteiger partial charge in [-0.1, -0.05) is 18.2 Å². The van der Waals surface area contributed by atoms with Crippen LogP contribution in [0.3, 0.4) is 0 Å². The molecule has 1 aliphatic heterocycles. The zero-order chi connectivity index (χ0) is 13.1. The molecule has 0 N–H and O–H groups in total. The molecule has 0 amide bonds. The standard InChI is InChI=1S/C14H16FNO2/c1-16-8-7-11(14(17)18-2)9-13(16)10-3-5-12(15)6-4-10/h3-6,9,13H,7-8H2,1-2H3. The van der Waals surface area contributed by atoms with Gasteiger partial charge in [-0.05, 0) is 31.2 Å². The van der Waals surface area contributed by atoms with E-state index in [1.807, 2.05) is 13.1 Å². The molecule has 0 saturated heterocycles. The van der Waals surface area contributed by atoms with E-state index in [-0.39, 0.29) is 17.8 Å². The minimum absolute atomic E-state index is 0.00606. The highest BCUT2D eigenvalue weighted by molar-refractivity contribution is 5.88. The van der Waals surface area contributed by atoms with Crippen molar-refractivity contribution in [3.8, 4) is 0 Å². The van der Waals surface area contributed by atoms with Gasteiger partial charge in [0.1, 0.15) is 5.82 Å². The third kappa shape index (κ3) is 2.59.